The molecule has 0 aliphatic heterocycles. The van der Waals surface area contributed by atoms with Crippen LogP contribution in [0.25, 0.3) is 0 Å². The van der Waals surface area contributed by atoms with Gasteiger partial charge in [0.25, 0.3) is 5.69 Å². The largest absolute Gasteiger partial charge is 0.399 e. The summed E-state index contributed by atoms with van der Waals surface area (Å²) in [6.45, 7) is 0. The molecular formula is C13H11BrN2O2S. The van der Waals surface area contributed by atoms with Gasteiger partial charge in [-0.3, -0.25) is 10.1 Å². The highest BCUT2D eigenvalue weighted by atomic mass is 79.9. The molecule has 0 fully saturated rings. The van der Waals surface area contributed by atoms with E-state index in [1.165, 1.54) is 17.8 Å². The summed E-state index contributed by atoms with van der Waals surface area (Å²) < 4.78 is 0.899. The molecule has 0 aliphatic carbocycles. The SMILES string of the molecule is Nc1ccc(SCc2ccccc2[N+](=O)[O-])c(Br)c1. The summed E-state index contributed by atoms with van der Waals surface area (Å²) in [7, 11) is 0. The van der Waals surface area contributed by atoms with Gasteiger partial charge in [0, 0.05) is 32.4 Å². The lowest BCUT2D eigenvalue weighted by Gasteiger charge is -2.06. The number of para-hydroxylation sites is 1. The minimum Gasteiger partial charge on any atom is -0.399 e. The van der Waals surface area contributed by atoms with Crippen LogP contribution in [0.15, 0.2) is 51.8 Å². The van der Waals surface area contributed by atoms with E-state index in [-0.39, 0.29) is 10.6 Å². The van der Waals surface area contributed by atoms with Gasteiger partial charge in [0.1, 0.15) is 0 Å². The molecule has 0 radical (unpaired) electrons. The first-order valence-corrected chi connectivity index (χ1v) is 7.26. The monoisotopic (exact) mass is 338 g/mol. The molecule has 0 bridgehead atoms. The first kappa shape index (κ1) is 13.9. The maximum Gasteiger partial charge on any atom is 0.273 e. The maximum absolute atomic E-state index is 10.9. The van der Waals surface area contributed by atoms with Crippen molar-refractivity contribution in [2.75, 3.05) is 5.73 Å². The van der Waals surface area contributed by atoms with Crippen molar-refractivity contribution in [3.63, 3.8) is 0 Å². The van der Waals surface area contributed by atoms with E-state index < -0.39 is 0 Å². The van der Waals surface area contributed by atoms with Gasteiger partial charge in [0.2, 0.25) is 0 Å². The van der Waals surface area contributed by atoms with Gasteiger partial charge in [0.15, 0.2) is 0 Å². The molecule has 0 spiro atoms. The average molecular weight is 339 g/mol. The van der Waals surface area contributed by atoms with Crippen molar-refractivity contribution in [3.05, 3.63) is 62.6 Å². The Hall–Kier alpha value is -1.53. The van der Waals surface area contributed by atoms with Crippen molar-refractivity contribution >= 4 is 39.1 Å². The van der Waals surface area contributed by atoms with E-state index in [0.717, 1.165) is 9.37 Å². The van der Waals surface area contributed by atoms with Gasteiger partial charge in [-0.25, -0.2) is 0 Å². The highest BCUT2D eigenvalue weighted by Gasteiger charge is 2.12. The quantitative estimate of drug-likeness (QED) is 0.392. The number of benzene rings is 2. The van der Waals surface area contributed by atoms with Crippen LogP contribution in [0.5, 0.6) is 0 Å². The Balaban J connectivity index is 2.17. The molecule has 0 saturated heterocycles. The van der Waals surface area contributed by atoms with E-state index in [0.29, 0.717) is 17.0 Å². The molecule has 0 unspecified atom stereocenters. The summed E-state index contributed by atoms with van der Waals surface area (Å²) in [5.74, 6) is 0.541. The average Bonchev–Trinajstić information content (AvgIpc) is 2.38. The van der Waals surface area contributed by atoms with E-state index in [4.69, 9.17) is 5.73 Å². The van der Waals surface area contributed by atoms with Gasteiger partial charge in [-0.15, -0.1) is 11.8 Å². The second kappa shape index (κ2) is 6.08. The Kier molecular flexibility index (Phi) is 4.44. The zero-order chi connectivity index (χ0) is 13.8. The van der Waals surface area contributed by atoms with Crippen LogP contribution in [-0.4, -0.2) is 4.92 Å². The lowest BCUT2D eigenvalue weighted by Crippen LogP contribution is -1.93. The molecule has 2 N–H and O–H groups in total. The first-order valence-electron chi connectivity index (χ1n) is 5.48. The van der Waals surface area contributed by atoms with E-state index in [2.05, 4.69) is 15.9 Å². The zero-order valence-electron chi connectivity index (χ0n) is 9.88. The number of thioether (sulfide) groups is 1. The van der Waals surface area contributed by atoms with Gasteiger partial charge in [-0.1, -0.05) is 18.2 Å². The number of nitro groups is 1. The van der Waals surface area contributed by atoms with Crippen LogP contribution in [0.4, 0.5) is 11.4 Å². The molecule has 2 aromatic rings. The predicted octanol–water partition coefficient (Wildman–Crippen LogP) is 4.23. The molecule has 0 atom stereocenters. The summed E-state index contributed by atoms with van der Waals surface area (Å²) in [4.78, 5) is 11.6. The molecule has 0 aromatic heterocycles. The normalized spacial score (nSPS) is 10.4. The van der Waals surface area contributed by atoms with Crippen LogP contribution in [0.1, 0.15) is 5.56 Å². The fourth-order valence-electron chi connectivity index (χ4n) is 1.60. The fourth-order valence-corrected chi connectivity index (χ4v) is 3.26. The van der Waals surface area contributed by atoms with Crippen molar-refractivity contribution in [2.45, 2.75) is 10.6 Å². The third-order valence-electron chi connectivity index (χ3n) is 2.53. The second-order valence-electron chi connectivity index (χ2n) is 3.86. The van der Waals surface area contributed by atoms with Gasteiger partial charge >= 0.3 is 0 Å². The first-order chi connectivity index (χ1) is 9.08. The number of nitrogen functional groups attached to an aromatic ring is 1. The zero-order valence-corrected chi connectivity index (χ0v) is 12.3. The summed E-state index contributed by atoms with van der Waals surface area (Å²) >= 11 is 4.97. The summed E-state index contributed by atoms with van der Waals surface area (Å²) in [6, 6.07) is 12.3. The molecule has 2 rings (SSSR count). The van der Waals surface area contributed by atoms with Crippen LogP contribution in [0, 0.1) is 10.1 Å². The lowest BCUT2D eigenvalue weighted by molar-refractivity contribution is -0.385. The highest BCUT2D eigenvalue weighted by molar-refractivity contribution is 9.10. The summed E-state index contributed by atoms with van der Waals surface area (Å²) in [5.41, 5.74) is 7.22. The molecule has 0 heterocycles. The van der Waals surface area contributed by atoms with Crippen molar-refractivity contribution in [1.82, 2.24) is 0 Å². The Labute approximate surface area is 123 Å². The molecule has 98 valence electrons. The molecule has 19 heavy (non-hydrogen) atoms. The van der Waals surface area contributed by atoms with Crippen molar-refractivity contribution in [3.8, 4) is 0 Å². The summed E-state index contributed by atoms with van der Waals surface area (Å²) in [6.07, 6.45) is 0. The number of nitrogens with zero attached hydrogens (tertiary/aromatic N) is 1. The highest BCUT2D eigenvalue weighted by Crippen LogP contribution is 2.33. The van der Waals surface area contributed by atoms with Crippen molar-refractivity contribution in [2.24, 2.45) is 0 Å². The van der Waals surface area contributed by atoms with Crippen LogP contribution >= 0.6 is 27.7 Å². The number of anilines is 1. The molecule has 2 aromatic carbocycles. The van der Waals surface area contributed by atoms with Crippen molar-refractivity contribution < 1.29 is 4.92 Å². The third-order valence-corrected chi connectivity index (χ3v) is 4.57. The Morgan fingerprint density at radius 2 is 2.00 bits per heavy atom. The number of rotatable bonds is 4. The lowest BCUT2D eigenvalue weighted by atomic mass is 10.2. The van der Waals surface area contributed by atoms with Crippen LogP contribution in [0.3, 0.4) is 0 Å². The number of nitrogens with two attached hydrogens (primary N) is 1. The third kappa shape index (κ3) is 3.48. The standard InChI is InChI=1S/C13H11BrN2O2S/c14-11-7-10(15)5-6-13(11)19-8-9-3-1-2-4-12(9)16(17)18/h1-7H,8,15H2. The fraction of sp³-hybridized carbons (Fsp3) is 0.0769. The number of halogens is 1. The minimum absolute atomic E-state index is 0.154. The Morgan fingerprint density at radius 1 is 1.26 bits per heavy atom. The molecule has 4 nitrogen and oxygen atoms in total. The van der Waals surface area contributed by atoms with E-state index >= 15 is 0 Å². The summed E-state index contributed by atoms with van der Waals surface area (Å²) in [5, 5.41) is 10.9. The number of hydrogen-bond donors (Lipinski definition) is 1. The topological polar surface area (TPSA) is 69.2 Å². The Bertz CT molecular complexity index is 619. The second-order valence-corrected chi connectivity index (χ2v) is 5.74. The molecule has 0 amide bonds. The van der Waals surface area contributed by atoms with Gasteiger partial charge in [-0.05, 0) is 34.1 Å². The Morgan fingerprint density at radius 3 is 2.68 bits per heavy atom. The van der Waals surface area contributed by atoms with E-state index in [1.807, 2.05) is 18.2 Å². The molecule has 0 aliphatic rings. The predicted molar refractivity (Wildman–Crippen MR) is 81.2 cm³/mol. The minimum atomic E-state index is -0.353. The van der Waals surface area contributed by atoms with Gasteiger partial charge < -0.3 is 5.73 Å². The van der Waals surface area contributed by atoms with Crippen LogP contribution < -0.4 is 5.73 Å². The van der Waals surface area contributed by atoms with Crippen LogP contribution in [0.2, 0.25) is 0 Å². The van der Waals surface area contributed by atoms with Gasteiger partial charge in [-0.2, -0.15) is 0 Å². The van der Waals surface area contributed by atoms with E-state index in [9.17, 15) is 10.1 Å². The molecule has 6 heteroatoms. The molecule has 0 saturated carbocycles. The van der Waals surface area contributed by atoms with E-state index in [1.54, 1.807) is 18.2 Å². The maximum atomic E-state index is 10.9. The number of nitro benzene ring substituents is 1. The smallest absolute Gasteiger partial charge is 0.273 e. The van der Waals surface area contributed by atoms with Crippen LogP contribution in [-0.2, 0) is 5.75 Å². The molecular weight excluding hydrogens is 328 g/mol. The van der Waals surface area contributed by atoms with Gasteiger partial charge in [0.05, 0.1) is 4.92 Å². The number of hydrogen-bond acceptors (Lipinski definition) is 4. The van der Waals surface area contributed by atoms with Crippen molar-refractivity contribution in [1.29, 1.82) is 0 Å².